The molecule has 2 heterocycles. The second-order valence-electron chi connectivity index (χ2n) is 4.51. The molecule has 3 aromatic rings. The van der Waals surface area contributed by atoms with Crippen molar-refractivity contribution in [2.24, 2.45) is 0 Å². The fraction of sp³-hybridized carbons (Fsp3) is 0.143. The van der Waals surface area contributed by atoms with Crippen molar-refractivity contribution in [2.75, 3.05) is 12.8 Å². The molecule has 3 rings (SSSR count). The van der Waals surface area contributed by atoms with Gasteiger partial charge < -0.3 is 10.7 Å². The zero-order chi connectivity index (χ0) is 14.7. The van der Waals surface area contributed by atoms with Gasteiger partial charge in [0.15, 0.2) is 0 Å². The lowest BCUT2D eigenvalue weighted by Gasteiger charge is -2.06. The predicted molar refractivity (Wildman–Crippen MR) is 87.2 cm³/mol. The second kappa shape index (κ2) is 6.13. The molecule has 0 aliphatic rings. The number of aromatic nitrogens is 3. The smallest absolute Gasteiger partial charge is 0.143 e. The van der Waals surface area contributed by atoms with Gasteiger partial charge in [-0.2, -0.15) is 0 Å². The highest BCUT2D eigenvalue weighted by atomic mass is 32.2. The molecule has 0 aliphatic heterocycles. The fourth-order valence-electron chi connectivity index (χ4n) is 2.25. The summed E-state index contributed by atoms with van der Waals surface area (Å²) in [4.78, 5) is 11.4. The van der Waals surface area contributed by atoms with Gasteiger partial charge in [-0.1, -0.05) is 18.2 Å². The van der Waals surface area contributed by atoms with Gasteiger partial charge >= 0.3 is 0 Å². The maximum Gasteiger partial charge on any atom is 0.143 e. The number of nitrogens with two attached hydrogens (primary N) is 1. The number of rotatable bonds is 5. The first-order valence-electron chi connectivity index (χ1n) is 6.52. The summed E-state index contributed by atoms with van der Waals surface area (Å²) >= 11 is 1.47. The lowest BCUT2D eigenvalue weighted by Crippen LogP contribution is -2.09. The number of benzene rings is 1. The number of aromatic amines is 1. The summed E-state index contributed by atoms with van der Waals surface area (Å²) in [6.07, 6.45) is 3.39. The van der Waals surface area contributed by atoms with Crippen LogP contribution < -0.4 is 15.2 Å². The number of nitrogens with zero attached hydrogens (tertiary/aromatic N) is 2. The highest BCUT2D eigenvalue weighted by Crippen LogP contribution is 2.30. The lowest BCUT2D eigenvalue weighted by atomic mass is 10.0. The molecule has 0 spiro atoms. The van der Waals surface area contributed by atoms with E-state index in [1.165, 1.54) is 24.0 Å². The van der Waals surface area contributed by atoms with Crippen molar-refractivity contribution >= 4 is 29.0 Å². The van der Waals surface area contributed by atoms with Gasteiger partial charge in [0.05, 0.1) is 5.39 Å². The van der Waals surface area contributed by atoms with Crippen LogP contribution in [0.5, 0.6) is 0 Å². The molecule has 6 nitrogen and oxygen atoms in total. The Hall–Kier alpha value is -2.09. The summed E-state index contributed by atoms with van der Waals surface area (Å²) < 4.78 is 6.20. The molecule has 0 saturated carbocycles. The maximum absolute atomic E-state index is 5.98. The van der Waals surface area contributed by atoms with Gasteiger partial charge in [0.25, 0.3) is 0 Å². The minimum Gasteiger partial charge on any atom is -0.383 e. The number of anilines is 1. The zero-order valence-electron chi connectivity index (χ0n) is 11.6. The van der Waals surface area contributed by atoms with Crippen molar-refractivity contribution in [3.63, 3.8) is 0 Å². The van der Waals surface area contributed by atoms with Crippen LogP contribution >= 0.6 is 12.1 Å². The molecule has 0 fully saturated rings. The van der Waals surface area contributed by atoms with Crippen molar-refractivity contribution in [2.45, 2.75) is 6.54 Å². The number of H-pyrrole nitrogens is 1. The minimum absolute atomic E-state index is 0.491. The standard InChI is InChI=1S/C14H16N6S/c1-16-21-20-6-9-3-2-4-10(5-9)11-7-17-14-12(11)13(15)18-8-19-14/h2-5,7-8,16,20H,6H2,1H3,(H3,15,17,18,19). The first kappa shape index (κ1) is 13.9. The molecule has 0 unspecified atom stereocenters. The van der Waals surface area contributed by atoms with Crippen molar-refractivity contribution in [1.82, 2.24) is 24.4 Å². The van der Waals surface area contributed by atoms with Crippen molar-refractivity contribution in [3.05, 3.63) is 42.4 Å². The summed E-state index contributed by atoms with van der Waals surface area (Å²) in [6, 6.07) is 8.32. The molecule has 1 aromatic carbocycles. The number of nitrogen functional groups attached to an aromatic ring is 1. The molecular weight excluding hydrogens is 284 g/mol. The molecular formula is C14H16N6S. The monoisotopic (exact) mass is 300 g/mol. The first-order valence-corrected chi connectivity index (χ1v) is 7.33. The number of fused-ring (bicyclic) bond motifs is 1. The number of nitrogens with one attached hydrogen (secondary N) is 3. The molecule has 2 aromatic heterocycles. The van der Waals surface area contributed by atoms with Gasteiger partial charge in [-0.05, 0) is 24.2 Å². The van der Waals surface area contributed by atoms with Crippen molar-refractivity contribution < 1.29 is 0 Å². The predicted octanol–water partition coefficient (Wildman–Crippen LogP) is 2.08. The summed E-state index contributed by atoms with van der Waals surface area (Å²) in [5.41, 5.74) is 10.0. The van der Waals surface area contributed by atoms with Gasteiger partial charge in [-0.15, -0.1) is 0 Å². The van der Waals surface area contributed by atoms with Crippen LogP contribution in [0.15, 0.2) is 36.8 Å². The van der Waals surface area contributed by atoms with E-state index in [-0.39, 0.29) is 0 Å². The Morgan fingerprint density at radius 2 is 2.24 bits per heavy atom. The van der Waals surface area contributed by atoms with Gasteiger partial charge in [0, 0.05) is 30.4 Å². The third-order valence-electron chi connectivity index (χ3n) is 3.19. The molecule has 108 valence electrons. The normalized spacial score (nSPS) is 11.1. The quantitative estimate of drug-likeness (QED) is 0.426. The first-order chi connectivity index (χ1) is 10.3. The van der Waals surface area contributed by atoms with E-state index in [2.05, 4.69) is 42.6 Å². The number of hydrogen-bond acceptors (Lipinski definition) is 6. The van der Waals surface area contributed by atoms with Crippen LogP contribution in [-0.4, -0.2) is 22.0 Å². The van der Waals surface area contributed by atoms with E-state index in [0.717, 1.165) is 28.7 Å². The Labute approximate surface area is 126 Å². The van der Waals surface area contributed by atoms with Gasteiger partial charge in [0.2, 0.25) is 0 Å². The highest BCUT2D eigenvalue weighted by molar-refractivity contribution is 7.95. The van der Waals surface area contributed by atoms with Crippen molar-refractivity contribution in [3.8, 4) is 11.1 Å². The molecule has 7 heteroatoms. The molecule has 0 aliphatic carbocycles. The van der Waals surface area contributed by atoms with Gasteiger partial charge in [0.1, 0.15) is 17.8 Å². The Bertz CT molecular complexity index is 754. The van der Waals surface area contributed by atoms with Crippen LogP contribution in [0.2, 0.25) is 0 Å². The Kier molecular flexibility index (Phi) is 4.05. The van der Waals surface area contributed by atoms with Crippen LogP contribution in [0.1, 0.15) is 5.56 Å². The molecule has 0 saturated heterocycles. The summed E-state index contributed by atoms with van der Waals surface area (Å²) in [6.45, 7) is 0.772. The zero-order valence-corrected chi connectivity index (χ0v) is 12.4. The van der Waals surface area contributed by atoms with E-state index >= 15 is 0 Å². The molecule has 0 radical (unpaired) electrons. The van der Waals surface area contributed by atoms with Gasteiger partial charge in [-0.25, -0.2) is 14.7 Å². The summed E-state index contributed by atoms with van der Waals surface area (Å²) in [5, 5.41) is 0.868. The third-order valence-corrected chi connectivity index (χ3v) is 3.68. The van der Waals surface area contributed by atoms with Crippen LogP contribution in [0.4, 0.5) is 5.82 Å². The largest absolute Gasteiger partial charge is 0.383 e. The molecule has 5 N–H and O–H groups in total. The second-order valence-corrected chi connectivity index (χ2v) is 5.41. The van der Waals surface area contributed by atoms with E-state index in [4.69, 9.17) is 5.73 Å². The van der Waals surface area contributed by atoms with Crippen molar-refractivity contribution in [1.29, 1.82) is 0 Å². The molecule has 0 bridgehead atoms. The highest BCUT2D eigenvalue weighted by Gasteiger charge is 2.11. The molecule has 21 heavy (non-hydrogen) atoms. The molecule has 0 atom stereocenters. The Balaban J connectivity index is 1.97. The van der Waals surface area contributed by atoms with E-state index in [0.29, 0.717) is 5.82 Å². The van der Waals surface area contributed by atoms with Crippen LogP contribution in [-0.2, 0) is 6.54 Å². The van der Waals surface area contributed by atoms with E-state index in [9.17, 15) is 0 Å². The number of hydrogen-bond donors (Lipinski definition) is 4. The summed E-state index contributed by atoms with van der Waals surface area (Å²) in [5.74, 6) is 0.491. The maximum atomic E-state index is 5.98. The average Bonchev–Trinajstić information content (AvgIpc) is 2.93. The Morgan fingerprint density at radius 3 is 3.10 bits per heavy atom. The van der Waals surface area contributed by atoms with E-state index in [1.807, 2.05) is 19.3 Å². The van der Waals surface area contributed by atoms with E-state index < -0.39 is 0 Å². The Morgan fingerprint density at radius 1 is 1.33 bits per heavy atom. The average molecular weight is 300 g/mol. The summed E-state index contributed by atoms with van der Waals surface area (Å²) in [7, 11) is 1.88. The van der Waals surface area contributed by atoms with Gasteiger partial charge in [-0.3, -0.25) is 4.72 Å². The SMILES string of the molecule is CNSNCc1cccc(-c2c[nH]c3ncnc(N)c23)c1. The third kappa shape index (κ3) is 2.85. The minimum atomic E-state index is 0.491. The van der Waals surface area contributed by atoms with Crippen LogP contribution in [0, 0.1) is 0 Å². The fourth-order valence-corrected chi connectivity index (χ4v) is 2.64. The van der Waals surface area contributed by atoms with Crippen LogP contribution in [0.25, 0.3) is 22.2 Å². The molecule has 0 amide bonds. The van der Waals surface area contributed by atoms with Crippen LogP contribution in [0.3, 0.4) is 0 Å². The lowest BCUT2D eigenvalue weighted by molar-refractivity contribution is 0.967. The topological polar surface area (TPSA) is 91.6 Å². The van der Waals surface area contributed by atoms with E-state index in [1.54, 1.807) is 0 Å².